The van der Waals surface area contributed by atoms with Crippen LogP contribution in [-0.2, 0) is 14.4 Å². The fraction of sp³-hybridized carbons (Fsp3) is 0.577. The van der Waals surface area contributed by atoms with E-state index < -0.39 is 33.3 Å². The number of hydrogen-bond donors (Lipinski definition) is 2. The van der Waals surface area contributed by atoms with Crippen LogP contribution >= 0.6 is 11.8 Å². The second-order valence-electron chi connectivity index (χ2n) is 9.75. The third-order valence-corrected chi connectivity index (χ3v) is 9.97. The van der Waals surface area contributed by atoms with Crippen molar-refractivity contribution in [3.05, 3.63) is 36.9 Å². The van der Waals surface area contributed by atoms with Crippen LogP contribution in [0.25, 0.3) is 0 Å². The Hall–Kier alpha value is -2.52. The van der Waals surface area contributed by atoms with Crippen molar-refractivity contribution in [2.24, 2.45) is 11.8 Å². The minimum Gasteiger partial charge on any atom is -0.481 e. The number of thioether (sulfide) groups is 1. The molecule has 0 saturated carbocycles. The maximum absolute atomic E-state index is 14.2. The molecule has 2 amide bonds. The zero-order valence-electron chi connectivity index (χ0n) is 20.6. The van der Waals surface area contributed by atoms with Gasteiger partial charge < -0.3 is 24.9 Å². The van der Waals surface area contributed by atoms with Crippen molar-refractivity contribution in [2.75, 3.05) is 42.6 Å². The summed E-state index contributed by atoms with van der Waals surface area (Å²) >= 11 is 1.50. The first-order valence-electron chi connectivity index (χ1n) is 12.3. The molecule has 1 aromatic carbocycles. The van der Waals surface area contributed by atoms with E-state index >= 15 is 0 Å². The second-order valence-corrected chi connectivity index (χ2v) is 11.6. The van der Waals surface area contributed by atoms with Gasteiger partial charge in [0.2, 0.25) is 5.91 Å². The largest absolute Gasteiger partial charge is 0.481 e. The van der Waals surface area contributed by atoms with E-state index in [4.69, 9.17) is 0 Å². The topological polar surface area (TPSA) is 101 Å². The second kappa shape index (κ2) is 9.50. The quantitative estimate of drug-likeness (QED) is 0.475. The number of carboxylic acid groups (broad SMARTS) is 1. The lowest BCUT2D eigenvalue weighted by Crippen LogP contribution is -2.55. The van der Waals surface area contributed by atoms with E-state index in [0.717, 1.165) is 18.8 Å². The number of hydrogen-bond acceptors (Lipinski definition) is 6. The Kier molecular flexibility index (Phi) is 6.94. The zero-order chi connectivity index (χ0) is 25.5. The number of aliphatic carboxylic acids is 1. The van der Waals surface area contributed by atoms with Gasteiger partial charge in [0.15, 0.2) is 0 Å². The Bertz CT molecular complexity index is 1010. The van der Waals surface area contributed by atoms with Gasteiger partial charge in [0, 0.05) is 42.3 Å². The van der Waals surface area contributed by atoms with Crippen molar-refractivity contribution in [3.8, 4) is 0 Å². The molecule has 35 heavy (non-hydrogen) atoms. The number of carbonyl (C=O) groups is 3. The number of aliphatic hydroxyl groups excluding tert-OH is 1. The van der Waals surface area contributed by atoms with Gasteiger partial charge in [-0.1, -0.05) is 6.08 Å². The third-order valence-electron chi connectivity index (χ3n) is 7.99. The molecule has 0 aromatic heterocycles. The minimum atomic E-state index is -0.994. The van der Waals surface area contributed by atoms with Gasteiger partial charge in [-0.15, -0.1) is 18.3 Å². The van der Waals surface area contributed by atoms with Crippen molar-refractivity contribution in [2.45, 2.75) is 49.1 Å². The lowest BCUT2D eigenvalue weighted by molar-refractivity contribution is -0.150. The van der Waals surface area contributed by atoms with E-state index in [1.54, 1.807) is 11.0 Å². The summed E-state index contributed by atoms with van der Waals surface area (Å²) in [5.74, 6) is -3.22. The first-order chi connectivity index (χ1) is 16.7. The third kappa shape index (κ3) is 3.83. The molecular weight excluding hydrogens is 466 g/mol. The molecule has 5 atom stereocenters. The molecule has 1 aromatic rings. The maximum Gasteiger partial charge on any atom is 0.308 e. The SMILES string of the molecule is C=CCN(C(=O)C1N(CCO)C(=O)[C@@H]2[C@@H](C(=O)O)[C@@]3(C)CCC12S3)c1ccc(N(CC)CC)cc1. The molecule has 190 valence electrons. The summed E-state index contributed by atoms with van der Waals surface area (Å²) in [6.07, 6.45) is 2.88. The van der Waals surface area contributed by atoms with Gasteiger partial charge in [-0.2, -0.15) is 0 Å². The summed E-state index contributed by atoms with van der Waals surface area (Å²) in [5.41, 5.74) is 1.75. The summed E-state index contributed by atoms with van der Waals surface area (Å²) in [5, 5.41) is 19.8. The average Bonchev–Trinajstić information content (AvgIpc) is 3.40. The van der Waals surface area contributed by atoms with Gasteiger partial charge in [0.25, 0.3) is 5.91 Å². The number of benzene rings is 1. The monoisotopic (exact) mass is 501 g/mol. The number of anilines is 2. The molecule has 3 saturated heterocycles. The highest BCUT2D eigenvalue weighted by Gasteiger charge is 2.77. The Morgan fingerprint density at radius 3 is 2.37 bits per heavy atom. The molecule has 0 aliphatic carbocycles. The Labute approximate surface area is 210 Å². The molecule has 1 spiro atoms. The van der Waals surface area contributed by atoms with Crippen LogP contribution < -0.4 is 9.80 Å². The molecule has 3 aliphatic rings. The standard InChI is InChI=1S/C26H35N3O5S/c1-5-14-28(18-10-8-17(9-11-18)27(6-2)7-3)23(32)21-26-13-12-25(4,35-26)20(24(33)34)19(26)22(31)29(21)15-16-30/h5,8-11,19-21,30H,1,6-7,12-16H2,2-4H3,(H,33,34)/t19-,20-,21?,25+,26?/m0/s1. The first kappa shape index (κ1) is 25.6. The highest BCUT2D eigenvalue weighted by atomic mass is 32.2. The summed E-state index contributed by atoms with van der Waals surface area (Å²) < 4.78 is -1.41. The molecule has 4 rings (SSSR count). The van der Waals surface area contributed by atoms with Crippen LogP contribution in [0, 0.1) is 11.8 Å². The van der Waals surface area contributed by atoms with E-state index in [1.807, 2.05) is 31.2 Å². The van der Waals surface area contributed by atoms with Gasteiger partial charge in [0.1, 0.15) is 6.04 Å². The molecule has 3 heterocycles. The number of carboxylic acids is 1. The number of aliphatic hydroxyl groups is 1. The average molecular weight is 502 g/mol. The number of β-amino-alcohol motifs (C(OH)–C–C–N with tert-alkyl or cyclic N) is 1. The Morgan fingerprint density at radius 2 is 1.83 bits per heavy atom. The van der Waals surface area contributed by atoms with E-state index in [9.17, 15) is 24.6 Å². The van der Waals surface area contributed by atoms with Crippen molar-refractivity contribution in [3.63, 3.8) is 0 Å². The number of fused-ring (bicyclic) bond motifs is 1. The normalized spacial score (nSPS) is 30.9. The van der Waals surface area contributed by atoms with Gasteiger partial charge in [-0.05, 0) is 57.9 Å². The summed E-state index contributed by atoms with van der Waals surface area (Å²) in [6.45, 7) is 11.6. The van der Waals surface area contributed by atoms with E-state index in [-0.39, 0.29) is 31.5 Å². The predicted molar refractivity (Wildman–Crippen MR) is 138 cm³/mol. The molecule has 9 heteroatoms. The lowest BCUT2D eigenvalue weighted by Gasteiger charge is -2.37. The van der Waals surface area contributed by atoms with Crippen LogP contribution in [-0.4, -0.2) is 81.2 Å². The Balaban J connectivity index is 1.74. The highest BCUT2D eigenvalue weighted by Crippen LogP contribution is 2.71. The van der Waals surface area contributed by atoms with Crippen LogP contribution in [0.5, 0.6) is 0 Å². The Morgan fingerprint density at radius 1 is 1.20 bits per heavy atom. The zero-order valence-corrected chi connectivity index (χ0v) is 21.5. The summed E-state index contributed by atoms with van der Waals surface area (Å²) in [7, 11) is 0. The van der Waals surface area contributed by atoms with Crippen molar-refractivity contribution in [1.82, 2.24) is 4.90 Å². The minimum absolute atomic E-state index is 0.0000690. The van der Waals surface area contributed by atoms with Crippen molar-refractivity contribution in [1.29, 1.82) is 0 Å². The van der Waals surface area contributed by atoms with Crippen molar-refractivity contribution >= 4 is 40.9 Å². The van der Waals surface area contributed by atoms with Gasteiger partial charge in [-0.3, -0.25) is 14.4 Å². The predicted octanol–water partition coefficient (Wildman–Crippen LogP) is 2.61. The highest BCUT2D eigenvalue weighted by molar-refractivity contribution is 8.02. The molecule has 3 fully saturated rings. The first-order valence-corrected chi connectivity index (χ1v) is 13.1. The number of amides is 2. The van der Waals surface area contributed by atoms with E-state index in [2.05, 4.69) is 25.3 Å². The summed E-state index contributed by atoms with van der Waals surface area (Å²) in [4.78, 5) is 45.4. The smallest absolute Gasteiger partial charge is 0.308 e. The molecule has 2 bridgehead atoms. The molecule has 8 nitrogen and oxygen atoms in total. The van der Waals surface area contributed by atoms with Crippen LogP contribution in [0.15, 0.2) is 36.9 Å². The molecule has 2 unspecified atom stereocenters. The van der Waals surface area contributed by atoms with Crippen LogP contribution in [0.3, 0.4) is 0 Å². The number of rotatable bonds is 10. The fourth-order valence-electron chi connectivity index (χ4n) is 6.46. The van der Waals surface area contributed by atoms with Crippen molar-refractivity contribution < 1.29 is 24.6 Å². The number of nitrogens with zero attached hydrogens (tertiary/aromatic N) is 3. The maximum atomic E-state index is 14.2. The lowest BCUT2D eigenvalue weighted by atomic mass is 9.66. The number of carbonyl (C=O) groups excluding carboxylic acids is 2. The van der Waals surface area contributed by atoms with Gasteiger partial charge >= 0.3 is 5.97 Å². The van der Waals surface area contributed by atoms with E-state index in [0.29, 0.717) is 18.5 Å². The van der Waals surface area contributed by atoms with E-state index in [1.165, 1.54) is 16.7 Å². The number of likely N-dealkylation sites (tertiary alicyclic amines) is 1. The summed E-state index contributed by atoms with van der Waals surface area (Å²) in [6, 6.07) is 6.92. The van der Waals surface area contributed by atoms with Crippen LogP contribution in [0.4, 0.5) is 11.4 Å². The van der Waals surface area contributed by atoms with Gasteiger partial charge in [0.05, 0.1) is 23.2 Å². The fourth-order valence-corrected chi connectivity index (χ4v) is 8.80. The van der Waals surface area contributed by atoms with Gasteiger partial charge in [-0.25, -0.2) is 0 Å². The van der Waals surface area contributed by atoms with Crippen LogP contribution in [0.2, 0.25) is 0 Å². The molecule has 2 N–H and O–H groups in total. The molecule has 3 aliphatic heterocycles. The van der Waals surface area contributed by atoms with Crippen LogP contribution in [0.1, 0.15) is 33.6 Å². The molecular formula is C26H35N3O5S. The molecule has 0 radical (unpaired) electrons.